The van der Waals surface area contributed by atoms with E-state index in [-0.39, 0.29) is 17.9 Å². The number of halogens is 1. The molecule has 0 spiro atoms. The van der Waals surface area contributed by atoms with E-state index in [1.54, 1.807) is 19.2 Å². The minimum absolute atomic E-state index is 0.0550. The highest BCUT2D eigenvalue weighted by Crippen LogP contribution is 2.18. The van der Waals surface area contributed by atoms with Crippen LogP contribution in [-0.4, -0.2) is 38.7 Å². The van der Waals surface area contributed by atoms with E-state index in [0.29, 0.717) is 18.8 Å². The lowest BCUT2D eigenvalue weighted by atomic mass is 10.1. The Kier molecular flexibility index (Phi) is 6.91. The van der Waals surface area contributed by atoms with Crippen molar-refractivity contribution in [3.05, 3.63) is 65.5 Å². The highest BCUT2D eigenvalue weighted by Gasteiger charge is 2.15. The molecule has 0 radical (unpaired) electrons. The summed E-state index contributed by atoms with van der Waals surface area (Å²) in [5.74, 6) is -0.276. The van der Waals surface area contributed by atoms with Gasteiger partial charge in [-0.15, -0.1) is 0 Å². The number of nitrogens with one attached hydrogen (secondary N) is 2. The number of hydrogen-bond donors (Lipinski definition) is 2. The summed E-state index contributed by atoms with van der Waals surface area (Å²) in [6, 6.07) is 13.4. The van der Waals surface area contributed by atoms with Crippen molar-refractivity contribution in [3.63, 3.8) is 0 Å². The molecule has 0 aliphatic carbocycles. The van der Waals surface area contributed by atoms with Gasteiger partial charge in [0.05, 0.1) is 12.6 Å². The molecule has 0 bridgehead atoms. The second kappa shape index (κ2) is 9.15. The van der Waals surface area contributed by atoms with Crippen LogP contribution in [0.15, 0.2) is 48.5 Å². The lowest BCUT2D eigenvalue weighted by Crippen LogP contribution is -2.37. The Morgan fingerprint density at radius 2 is 1.84 bits per heavy atom. The Morgan fingerprint density at radius 1 is 1.16 bits per heavy atom. The van der Waals surface area contributed by atoms with Gasteiger partial charge in [-0.05, 0) is 37.9 Å². The van der Waals surface area contributed by atoms with Gasteiger partial charge in [-0.3, -0.25) is 0 Å². The van der Waals surface area contributed by atoms with E-state index in [1.807, 2.05) is 43.3 Å². The van der Waals surface area contributed by atoms with Gasteiger partial charge in [-0.25, -0.2) is 9.18 Å². The smallest absolute Gasteiger partial charge is 0.319 e. The lowest BCUT2D eigenvalue weighted by molar-refractivity contribution is 0.185. The average Bonchev–Trinajstić information content (AvgIpc) is 2.58. The number of nitrogens with zero attached hydrogens (tertiary/aromatic N) is 1. The van der Waals surface area contributed by atoms with Crippen LogP contribution in [0, 0.1) is 5.82 Å². The maximum atomic E-state index is 13.1. The van der Waals surface area contributed by atoms with Crippen LogP contribution in [0.1, 0.15) is 17.2 Å². The Labute approximate surface area is 147 Å². The van der Waals surface area contributed by atoms with Gasteiger partial charge in [0.1, 0.15) is 5.82 Å². The zero-order valence-electron chi connectivity index (χ0n) is 14.8. The number of methoxy groups -OCH3 is 1. The summed E-state index contributed by atoms with van der Waals surface area (Å²) in [7, 11) is 5.45. The van der Waals surface area contributed by atoms with Crippen molar-refractivity contribution >= 4 is 11.7 Å². The van der Waals surface area contributed by atoms with E-state index in [4.69, 9.17) is 4.74 Å². The molecule has 2 aromatic carbocycles. The molecule has 0 aliphatic rings. The molecule has 0 aliphatic heterocycles. The van der Waals surface area contributed by atoms with Crippen LogP contribution in [0.3, 0.4) is 0 Å². The second-order valence-corrected chi connectivity index (χ2v) is 5.96. The number of carbonyl (C=O) groups is 1. The monoisotopic (exact) mass is 345 g/mol. The molecule has 2 rings (SSSR count). The van der Waals surface area contributed by atoms with Crippen molar-refractivity contribution in [1.82, 2.24) is 10.2 Å². The second-order valence-electron chi connectivity index (χ2n) is 5.96. The Bertz CT molecular complexity index is 689. The molecule has 0 aromatic heterocycles. The first-order chi connectivity index (χ1) is 12.0. The average molecular weight is 345 g/mol. The summed E-state index contributed by atoms with van der Waals surface area (Å²) in [6.07, 6.45) is 0. The van der Waals surface area contributed by atoms with Crippen molar-refractivity contribution in [2.24, 2.45) is 0 Å². The van der Waals surface area contributed by atoms with E-state index < -0.39 is 0 Å². The summed E-state index contributed by atoms with van der Waals surface area (Å²) in [5, 5.41) is 5.71. The first-order valence-electron chi connectivity index (χ1n) is 8.05. The quantitative estimate of drug-likeness (QED) is 0.809. The Hall–Kier alpha value is -2.44. The molecule has 0 saturated carbocycles. The van der Waals surface area contributed by atoms with Crippen molar-refractivity contribution in [2.45, 2.75) is 12.6 Å². The molecule has 25 heavy (non-hydrogen) atoms. The van der Waals surface area contributed by atoms with Crippen LogP contribution in [-0.2, 0) is 11.3 Å². The molecule has 5 nitrogen and oxygen atoms in total. The first-order valence-corrected chi connectivity index (χ1v) is 8.05. The summed E-state index contributed by atoms with van der Waals surface area (Å²) >= 11 is 0. The third kappa shape index (κ3) is 5.55. The van der Waals surface area contributed by atoms with E-state index in [9.17, 15) is 9.18 Å². The van der Waals surface area contributed by atoms with Gasteiger partial charge in [0, 0.05) is 24.9 Å². The third-order valence-electron chi connectivity index (χ3n) is 3.90. The van der Waals surface area contributed by atoms with E-state index >= 15 is 0 Å². The third-order valence-corrected chi connectivity index (χ3v) is 3.90. The van der Waals surface area contributed by atoms with Crippen LogP contribution in [0.25, 0.3) is 0 Å². The van der Waals surface area contributed by atoms with Crippen molar-refractivity contribution < 1.29 is 13.9 Å². The SMILES string of the molecule is COCc1ccccc1NC(=O)NCC(c1ccc(F)cc1)N(C)C. The predicted molar refractivity (Wildman–Crippen MR) is 97.0 cm³/mol. The molecular formula is C19H24FN3O2. The number of hydrogen-bond acceptors (Lipinski definition) is 3. The minimum atomic E-state index is -0.294. The van der Waals surface area contributed by atoms with Crippen LogP contribution < -0.4 is 10.6 Å². The molecular weight excluding hydrogens is 321 g/mol. The lowest BCUT2D eigenvalue weighted by Gasteiger charge is -2.25. The molecule has 2 amide bonds. The first kappa shape index (κ1) is 18.9. The number of amides is 2. The zero-order valence-corrected chi connectivity index (χ0v) is 14.8. The molecule has 0 heterocycles. The normalized spacial score (nSPS) is 12.0. The largest absolute Gasteiger partial charge is 0.380 e. The predicted octanol–water partition coefficient (Wildman–Crippen LogP) is 3.40. The fraction of sp³-hybridized carbons (Fsp3) is 0.316. The number of urea groups is 1. The van der Waals surface area contributed by atoms with Gasteiger partial charge >= 0.3 is 6.03 Å². The molecule has 1 unspecified atom stereocenters. The number of ether oxygens (including phenoxy) is 1. The zero-order chi connectivity index (χ0) is 18.2. The summed E-state index contributed by atoms with van der Waals surface area (Å²) in [6.45, 7) is 0.823. The maximum Gasteiger partial charge on any atom is 0.319 e. The van der Waals surface area contributed by atoms with Crippen LogP contribution >= 0.6 is 0 Å². The van der Waals surface area contributed by atoms with E-state index in [0.717, 1.165) is 11.1 Å². The van der Waals surface area contributed by atoms with Crippen LogP contribution in [0.2, 0.25) is 0 Å². The Morgan fingerprint density at radius 3 is 2.48 bits per heavy atom. The minimum Gasteiger partial charge on any atom is -0.380 e. The number of likely N-dealkylation sites (N-methyl/N-ethyl adjacent to an activating group) is 1. The van der Waals surface area contributed by atoms with Gasteiger partial charge < -0.3 is 20.3 Å². The molecule has 1 atom stereocenters. The van der Waals surface area contributed by atoms with Gasteiger partial charge in [-0.1, -0.05) is 30.3 Å². The Balaban J connectivity index is 1.99. The van der Waals surface area contributed by atoms with Gasteiger partial charge in [0.25, 0.3) is 0 Å². The highest BCUT2D eigenvalue weighted by atomic mass is 19.1. The van der Waals surface area contributed by atoms with Crippen molar-refractivity contribution in [3.8, 4) is 0 Å². The summed E-state index contributed by atoms with van der Waals surface area (Å²) in [4.78, 5) is 14.2. The summed E-state index contributed by atoms with van der Waals surface area (Å²) < 4.78 is 18.2. The molecule has 6 heteroatoms. The molecule has 0 saturated heterocycles. The number of anilines is 1. The van der Waals surface area contributed by atoms with E-state index in [2.05, 4.69) is 10.6 Å². The molecule has 0 fully saturated rings. The van der Waals surface area contributed by atoms with E-state index in [1.165, 1.54) is 12.1 Å². The fourth-order valence-electron chi connectivity index (χ4n) is 2.56. The standard InChI is InChI=1S/C19H24FN3O2/c1-23(2)18(14-8-10-16(20)11-9-14)12-21-19(24)22-17-7-5-4-6-15(17)13-25-3/h4-11,18H,12-13H2,1-3H3,(H2,21,22,24). The van der Waals surface area contributed by atoms with Gasteiger partial charge in [-0.2, -0.15) is 0 Å². The van der Waals surface area contributed by atoms with Crippen LogP contribution in [0.5, 0.6) is 0 Å². The van der Waals surface area contributed by atoms with Crippen molar-refractivity contribution in [1.29, 1.82) is 0 Å². The van der Waals surface area contributed by atoms with Gasteiger partial charge in [0.2, 0.25) is 0 Å². The maximum absolute atomic E-state index is 13.1. The summed E-state index contributed by atoms with van der Waals surface area (Å²) in [5.41, 5.74) is 2.55. The number of carbonyl (C=O) groups excluding carboxylic acids is 1. The highest BCUT2D eigenvalue weighted by molar-refractivity contribution is 5.90. The molecule has 2 aromatic rings. The number of para-hydroxylation sites is 1. The van der Waals surface area contributed by atoms with Crippen molar-refractivity contribution in [2.75, 3.05) is 33.1 Å². The topological polar surface area (TPSA) is 53.6 Å². The number of benzene rings is 2. The van der Waals surface area contributed by atoms with Gasteiger partial charge in [0.15, 0.2) is 0 Å². The molecule has 134 valence electrons. The molecule has 2 N–H and O–H groups in total. The fourth-order valence-corrected chi connectivity index (χ4v) is 2.56. The van der Waals surface area contributed by atoms with Crippen LogP contribution in [0.4, 0.5) is 14.9 Å². The number of rotatable bonds is 7.